The third-order valence-electron chi connectivity index (χ3n) is 3.24. The standard InChI is InChI=1S/C17H16N2O4/c1-11-3-8-15-14(9-11)19-16(23-15)10-22-13-6-4-12(5-7-13)18-17(20)21-2/h3-9H,10H2,1-2H3,(H,18,20). The Hall–Kier alpha value is -3.02. The van der Waals surface area contributed by atoms with E-state index >= 15 is 0 Å². The molecule has 6 heteroatoms. The van der Waals surface area contributed by atoms with Gasteiger partial charge in [0, 0.05) is 5.69 Å². The number of methoxy groups -OCH3 is 1. The van der Waals surface area contributed by atoms with Crippen LogP contribution in [0.25, 0.3) is 11.1 Å². The molecule has 0 unspecified atom stereocenters. The van der Waals surface area contributed by atoms with Gasteiger partial charge in [-0.3, -0.25) is 5.32 Å². The van der Waals surface area contributed by atoms with E-state index in [1.54, 1.807) is 24.3 Å². The number of hydrogen-bond acceptors (Lipinski definition) is 5. The summed E-state index contributed by atoms with van der Waals surface area (Å²) < 4.78 is 15.8. The molecule has 0 aliphatic carbocycles. The van der Waals surface area contributed by atoms with Gasteiger partial charge in [-0.1, -0.05) is 6.07 Å². The van der Waals surface area contributed by atoms with Crippen molar-refractivity contribution in [1.29, 1.82) is 0 Å². The summed E-state index contributed by atoms with van der Waals surface area (Å²) in [5.41, 5.74) is 3.32. The number of benzene rings is 2. The number of fused-ring (bicyclic) bond motifs is 1. The van der Waals surface area contributed by atoms with E-state index in [1.165, 1.54) is 7.11 Å². The lowest BCUT2D eigenvalue weighted by Gasteiger charge is -2.06. The summed E-state index contributed by atoms with van der Waals surface area (Å²) in [6.07, 6.45) is -0.513. The van der Waals surface area contributed by atoms with E-state index in [1.807, 2.05) is 25.1 Å². The Kier molecular flexibility index (Phi) is 4.14. The van der Waals surface area contributed by atoms with E-state index < -0.39 is 6.09 Å². The Morgan fingerprint density at radius 1 is 1.22 bits per heavy atom. The minimum absolute atomic E-state index is 0.234. The highest BCUT2D eigenvalue weighted by atomic mass is 16.5. The second kappa shape index (κ2) is 6.39. The van der Waals surface area contributed by atoms with Gasteiger partial charge in [0.1, 0.15) is 11.3 Å². The second-order valence-electron chi connectivity index (χ2n) is 5.01. The lowest BCUT2D eigenvalue weighted by Crippen LogP contribution is -2.10. The number of nitrogens with one attached hydrogen (secondary N) is 1. The first-order chi connectivity index (χ1) is 11.1. The van der Waals surface area contributed by atoms with E-state index in [4.69, 9.17) is 9.15 Å². The normalized spacial score (nSPS) is 10.5. The molecule has 0 radical (unpaired) electrons. The Morgan fingerprint density at radius 2 is 2.00 bits per heavy atom. The number of aryl methyl sites for hydroxylation is 1. The minimum Gasteiger partial charge on any atom is -0.484 e. The predicted octanol–water partition coefficient (Wildman–Crippen LogP) is 3.89. The summed E-state index contributed by atoms with van der Waals surface area (Å²) in [6, 6.07) is 12.8. The van der Waals surface area contributed by atoms with E-state index in [0.29, 0.717) is 17.3 Å². The summed E-state index contributed by atoms with van der Waals surface area (Å²) in [6.45, 7) is 2.24. The fourth-order valence-electron chi connectivity index (χ4n) is 2.10. The summed E-state index contributed by atoms with van der Waals surface area (Å²) in [4.78, 5) is 15.5. The van der Waals surface area contributed by atoms with Gasteiger partial charge in [-0.2, -0.15) is 0 Å². The minimum atomic E-state index is -0.513. The van der Waals surface area contributed by atoms with Crippen molar-refractivity contribution in [2.45, 2.75) is 13.5 Å². The predicted molar refractivity (Wildman–Crippen MR) is 85.5 cm³/mol. The fourth-order valence-corrected chi connectivity index (χ4v) is 2.10. The number of rotatable bonds is 4. The van der Waals surface area contributed by atoms with E-state index in [-0.39, 0.29) is 6.61 Å². The summed E-state index contributed by atoms with van der Waals surface area (Å²) in [5.74, 6) is 1.17. The van der Waals surface area contributed by atoms with Crippen LogP contribution in [0.4, 0.5) is 10.5 Å². The number of nitrogens with zero attached hydrogens (tertiary/aromatic N) is 1. The Morgan fingerprint density at radius 3 is 2.74 bits per heavy atom. The maximum atomic E-state index is 11.1. The largest absolute Gasteiger partial charge is 0.484 e. The van der Waals surface area contributed by atoms with Crippen LogP contribution in [0.15, 0.2) is 46.9 Å². The number of carbonyl (C=O) groups excluding carboxylic acids is 1. The Bertz CT molecular complexity index is 824. The number of amides is 1. The zero-order valence-electron chi connectivity index (χ0n) is 12.8. The van der Waals surface area contributed by atoms with Crippen LogP contribution in [0.2, 0.25) is 0 Å². The van der Waals surface area contributed by atoms with Crippen molar-refractivity contribution in [2.24, 2.45) is 0 Å². The third kappa shape index (κ3) is 3.60. The molecule has 0 saturated carbocycles. The third-order valence-corrected chi connectivity index (χ3v) is 3.24. The summed E-state index contributed by atoms with van der Waals surface area (Å²) >= 11 is 0. The topological polar surface area (TPSA) is 73.6 Å². The van der Waals surface area contributed by atoms with Crippen molar-refractivity contribution >= 4 is 22.9 Å². The number of hydrogen-bond donors (Lipinski definition) is 1. The SMILES string of the molecule is COC(=O)Nc1ccc(OCc2nc3cc(C)ccc3o2)cc1. The molecule has 3 rings (SSSR count). The molecule has 0 atom stereocenters. The van der Waals surface area contributed by atoms with Gasteiger partial charge in [-0.15, -0.1) is 0 Å². The van der Waals surface area contributed by atoms with Crippen LogP contribution in [0.5, 0.6) is 5.75 Å². The van der Waals surface area contributed by atoms with Gasteiger partial charge >= 0.3 is 6.09 Å². The van der Waals surface area contributed by atoms with Gasteiger partial charge in [0.05, 0.1) is 7.11 Å². The molecule has 0 bridgehead atoms. The van der Waals surface area contributed by atoms with Crippen molar-refractivity contribution in [3.8, 4) is 5.75 Å². The van der Waals surface area contributed by atoms with Crippen LogP contribution >= 0.6 is 0 Å². The van der Waals surface area contributed by atoms with Crippen LogP contribution in [0, 0.1) is 6.92 Å². The van der Waals surface area contributed by atoms with Crippen molar-refractivity contribution in [3.63, 3.8) is 0 Å². The number of oxazole rings is 1. The maximum Gasteiger partial charge on any atom is 0.411 e. The molecule has 6 nitrogen and oxygen atoms in total. The molecule has 23 heavy (non-hydrogen) atoms. The Labute approximate surface area is 133 Å². The average Bonchev–Trinajstić information content (AvgIpc) is 2.96. The summed E-state index contributed by atoms with van der Waals surface area (Å²) in [5, 5.41) is 2.57. The van der Waals surface area contributed by atoms with Gasteiger partial charge in [-0.25, -0.2) is 9.78 Å². The van der Waals surface area contributed by atoms with Crippen molar-refractivity contribution < 1.29 is 18.7 Å². The van der Waals surface area contributed by atoms with E-state index in [9.17, 15) is 4.79 Å². The molecule has 0 saturated heterocycles. The Balaban J connectivity index is 1.63. The molecular weight excluding hydrogens is 296 g/mol. The monoisotopic (exact) mass is 312 g/mol. The quantitative estimate of drug-likeness (QED) is 0.791. The molecule has 0 aliphatic rings. The first kappa shape index (κ1) is 14.9. The molecule has 1 aromatic heterocycles. The van der Waals surface area contributed by atoms with Crippen LogP contribution in [0.1, 0.15) is 11.5 Å². The van der Waals surface area contributed by atoms with Gasteiger partial charge < -0.3 is 13.9 Å². The van der Waals surface area contributed by atoms with Crippen LogP contribution in [-0.2, 0) is 11.3 Å². The van der Waals surface area contributed by atoms with Crippen LogP contribution < -0.4 is 10.1 Å². The highest BCUT2D eigenvalue weighted by Gasteiger charge is 2.07. The average molecular weight is 312 g/mol. The molecule has 0 aliphatic heterocycles. The molecular formula is C17H16N2O4. The van der Waals surface area contributed by atoms with Gasteiger partial charge in [0.25, 0.3) is 0 Å². The van der Waals surface area contributed by atoms with E-state index in [2.05, 4.69) is 15.0 Å². The first-order valence-electron chi connectivity index (χ1n) is 7.08. The van der Waals surface area contributed by atoms with Crippen LogP contribution in [-0.4, -0.2) is 18.2 Å². The van der Waals surface area contributed by atoms with Gasteiger partial charge in [0.15, 0.2) is 12.2 Å². The van der Waals surface area contributed by atoms with Gasteiger partial charge in [0.2, 0.25) is 5.89 Å². The lowest BCUT2D eigenvalue weighted by molar-refractivity contribution is 0.187. The number of anilines is 1. The fraction of sp³-hybridized carbons (Fsp3) is 0.176. The summed E-state index contributed by atoms with van der Waals surface area (Å²) in [7, 11) is 1.31. The molecule has 0 fully saturated rings. The van der Waals surface area contributed by atoms with Crippen molar-refractivity contribution in [2.75, 3.05) is 12.4 Å². The smallest absolute Gasteiger partial charge is 0.411 e. The highest BCUT2D eigenvalue weighted by Crippen LogP contribution is 2.20. The zero-order chi connectivity index (χ0) is 16.2. The zero-order valence-corrected chi connectivity index (χ0v) is 12.8. The maximum absolute atomic E-state index is 11.1. The number of aromatic nitrogens is 1. The van der Waals surface area contributed by atoms with Crippen molar-refractivity contribution in [1.82, 2.24) is 4.98 Å². The molecule has 1 amide bonds. The number of carbonyl (C=O) groups is 1. The number of ether oxygens (including phenoxy) is 2. The second-order valence-corrected chi connectivity index (χ2v) is 5.01. The van der Waals surface area contributed by atoms with Crippen molar-refractivity contribution in [3.05, 3.63) is 53.9 Å². The lowest BCUT2D eigenvalue weighted by atomic mass is 10.2. The highest BCUT2D eigenvalue weighted by molar-refractivity contribution is 5.84. The van der Waals surface area contributed by atoms with E-state index in [0.717, 1.165) is 16.7 Å². The molecule has 2 aromatic carbocycles. The molecule has 0 spiro atoms. The van der Waals surface area contributed by atoms with Crippen LogP contribution in [0.3, 0.4) is 0 Å². The molecule has 1 heterocycles. The molecule has 118 valence electrons. The van der Waals surface area contributed by atoms with Gasteiger partial charge in [-0.05, 0) is 48.9 Å². The first-order valence-corrected chi connectivity index (χ1v) is 7.08. The molecule has 3 aromatic rings. The molecule has 1 N–H and O–H groups in total.